The lowest BCUT2D eigenvalue weighted by Crippen LogP contribution is -2.50. The van der Waals surface area contributed by atoms with Gasteiger partial charge >= 0.3 is 0 Å². The van der Waals surface area contributed by atoms with E-state index in [0.717, 1.165) is 9.87 Å². The van der Waals surface area contributed by atoms with Crippen molar-refractivity contribution in [1.82, 2.24) is 10.2 Å². The van der Waals surface area contributed by atoms with Gasteiger partial charge in [0.05, 0.1) is 17.7 Å². The Labute approximate surface area is 206 Å². The summed E-state index contributed by atoms with van der Waals surface area (Å²) in [6, 6.07) is 22.7. The summed E-state index contributed by atoms with van der Waals surface area (Å²) >= 11 is 0. The molecule has 3 rings (SSSR count). The summed E-state index contributed by atoms with van der Waals surface area (Å²) in [5.41, 5.74) is 1.09. The second-order valence-electron chi connectivity index (χ2n) is 7.82. The molecule has 0 fully saturated rings. The standard InChI is InChI=1S/C26H29N3O5S/c1-20(26(31)27-2)28(18-21-11-10-14-23(17-21)34-3)25(30)19-29(22-12-6-4-7-13-22)35(32,33)24-15-8-5-9-16-24/h4-17,20H,18-19H2,1-3H3,(H,27,31). The number of hydrogen-bond donors (Lipinski definition) is 1. The van der Waals surface area contributed by atoms with Gasteiger partial charge in [-0.1, -0.05) is 48.5 Å². The second-order valence-corrected chi connectivity index (χ2v) is 9.69. The van der Waals surface area contributed by atoms with Crippen molar-refractivity contribution in [2.45, 2.75) is 24.4 Å². The van der Waals surface area contributed by atoms with E-state index >= 15 is 0 Å². The Morgan fingerprint density at radius 1 is 0.943 bits per heavy atom. The van der Waals surface area contributed by atoms with Crippen LogP contribution >= 0.6 is 0 Å². The van der Waals surface area contributed by atoms with E-state index < -0.39 is 28.5 Å². The largest absolute Gasteiger partial charge is 0.497 e. The molecule has 0 radical (unpaired) electrons. The topological polar surface area (TPSA) is 96.0 Å². The summed E-state index contributed by atoms with van der Waals surface area (Å²) in [4.78, 5) is 27.5. The number of amides is 2. The molecule has 1 unspecified atom stereocenters. The summed E-state index contributed by atoms with van der Waals surface area (Å²) in [6.07, 6.45) is 0. The van der Waals surface area contributed by atoms with E-state index in [9.17, 15) is 18.0 Å². The third kappa shape index (κ3) is 6.19. The molecule has 3 aromatic rings. The highest BCUT2D eigenvalue weighted by molar-refractivity contribution is 7.92. The maximum absolute atomic E-state index is 13.6. The van der Waals surface area contributed by atoms with Crippen molar-refractivity contribution in [2.24, 2.45) is 0 Å². The zero-order valence-electron chi connectivity index (χ0n) is 19.9. The van der Waals surface area contributed by atoms with Gasteiger partial charge in [0.25, 0.3) is 10.0 Å². The molecule has 0 heterocycles. The van der Waals surface area contributed by atoms with Crippen molar-refractivity contribution in [1.29, 1.82) is 0 Å². The Morgan fingerprint density at radius 2 is 1.57 bits per heavy atom. The number of methoxy groups -OCH3 is 1. The van der Waals surface area contributed by atoms with Crippen LogP contribution in [0.4, 0.5) is 5.69 Å². The molecule has 0 aromatic heterocycles. The first-order chi connectivity index (χ1) is 16.8. The molecule has 1 atom stereocenters. The van der Waals surface area contributed by atoms with E-state index in [0.29, 0.717) is 11.4 Å². The lowest BCUT2D eigenvalue weighted by atomic mass is 10.1. The number of rotatable bonds is 10. The number of nitrogens with one attached hydrogen (secondary N) is 1. The summed E-state index contributed by atoms with van der Waals surface area (Å²) in [5, 5.41) is 2.56. The van der Waals surface area contributed by atoms with Crippen molar-refractivity contribution in [3.05, 3.63) is 90.5 Å². The molecule has 0 saturated carbocycles. The number of sulfonamides is 1. The predicted molar refractivity (Wildman–Crippen MR) is 134 cm³/mol. The van der Waals surface area contributed by atoms with E-state index in [1.165, 1.54) is 24.1 Å². The Morgan fingerprint density at radius 3 is 2.17 bits per heavy atom. The molecule has 0 bridgehead atoms. The van der Waals surface area contributed by atoms with Crippen LogP contribution in [0.5, 0.6) is 5.75 Å². The van der Waals surface area contributed by atoms with Gasteiger partial charge in [0.15, 0.2) is 0 Å². The van der Waals surface area contributed by atoms with Gasteiger partial charge in [-0.15, -0.1) is 0 Å². The highest BCUT2D eigenvalue weighted by atomic mass is 32.2. The van der Waals surface area contributed by atoms with Crippen LogP contribution in [0.3, 0.4) is 0 Å². The Bertz CT molecular complexity index is 1250. The Kier molecular flexibility index (Phi) is 8.48. The van der Waals surface area contributed by atoms with Crippen molar-refractivity contribution in [3.8, 4) is 5.75 Å². The molecule has 0 spiro atoms. The number of ether oxygens (including phenoxy) is 1. The number of likely N-dealkylation sites (N-methyl/N-ethyl adjacent to an activating group) is 1. The minimum atomic E-state index is -4.05. The minimum Gasteiger partial charge on any atom is -0.497 e. The van der Waals surface area contributed by atoms with Gasteiger partial charge in [-0.05, 0) is 48.9 Å². The molecule has 0 aliphatic heterocycles. The molecule has 0 aliphatic carbocycles. The molecular weight excluding hydrogens is 466 g/mol. The predicted octanol–water partition coefficient (Wildman–Crippen LogP) is 3.05. The number of benzene rings is 3. The zero-order valence-corrected chi connectivity index (χ0v) is 20.7. The number of hydrogen-bond acceptors (Lipinski definition) is 5. The van der Waals surface area contributed by atoms with Crippen LogP contribution in [0.15, 0.2) is 89.8 Å². The van der Waals surface area contributed by atoms with Gasteiger partial charge in [-0.2, -0.15) is 0 Å². The highest BCUT2D eigenvalue weighted by Gasteiger charge is 2.32. The lowest BCUT2D eigenvalue weighted by molar-refractivity contribution is -0.139. The van der Waals surface area contributed by atoms with Crippen LogP contribution in [0.1, 0.15) is 12.5 Å². The molecule has 8 nitrogen and oxygen atoms in total. The van der Waals surface area contributed by atoms with E-state index in [1.807, 2.05) is 6.07 Å². The van der Waals surface area contributed by atoms with E-state index in [1.54, 1.807) is 80.8 Å². The lowest BCUT2D eigenvalue weighted by Gasteiger charge is -2.31. The maximum atomic E-state index is 13.6. The number of carbonyl (C=O) groups is 2. The molecule has 184 valence electrons. The summed E-state index contributed by atoms with van der Waals surface area (Å²) in [7, 11) is -1.02. The smallest absolute Gasteiger partial charge is 0.264 e. The Hall–Kier alpha value is -3.85. The molecule has 1 N–H and O–H groups in total. The molecule has 0 aliphatic rings. The normalized spacial score (nSPS) is 11.9. The molecule has 3 aromatic carbocycles. The van der Waals surface area contributed by atoms with E-state index in [4.69, 9.17) is 4.74 Å². The zero-order chi connectivity index (χ0) is 25.4. The molecular formula is C26H29N3O5S. The molecule has 9 heteroatoms. The Balaban J connectivity index is 1.99. The van der Waals surface area contributed by atoms with Crippen molar-refractivity contribution >= 4 is 27.5 Å². The van der Waals surface area contributed by atoms with Crippen molar-refractivity contribution in [2.75, 3.05) is 25.0 Å². The van der Waals surface area contributed by atoms with Crippen LogP contribution < -0.4 is 14.4 Å². The maximum Gasteiger partial charge on any atom is 0.264 e. The fourth-order valence-corrected chi connectivity index (χ4v) is 5.04. The number of carbonyl (C=O) groups excluding carboxylic acids is 2. The van der Waals surface area contributed by atoms with Gasteiger partial charge in [0, 0.05) is 13.6 Å². The average Bonchev–Trinajstić information content (AvgIpc) is 2.90. The summed E-state index contributed by atoms with van der Waals surface area (Å²) in [6.45, 7) is 1.22. The average molecular weight is 496 g/mol. The minimum absolute atomic E-state index is 0.0651. The SMILES string of the molecule is CNC(=O)C(C)N(Cc1cccc(OC)c1)C(=O)CN(c1ccccc1)S(=O)(=O)c1ccccc1. The van der Waals surface area contributed by atoms with Gasteiger partial charge in [0.2, 0.25) is 11.8 Å². The number of anilines is 1. The van der Waals surface area contributed by atoms with Gasteiger partial charge in [0.1, 0.15) is 18.3 Å². The van der Waals surface area contributed by atoms with Gasteiger partial charge in [-0.25, -0.2) is 8.42 Å². The monoisotopic (exact) mass is 495 g/mol. The van der Waals surface area contributed by atoms with Crippen molar-refractivity contribution < 1.29 is 22.7 Å². The highest BCUT2D eigenvalue weighted by Crippen LogP contribution is 2.24. The second kappa shape index (κ2) is 11.5. The summed E-state index contributed by atoms with van der Waals surface area (Å²) in [5.74, 6) is -0.272. The van der Waals surface area contributed by atoms with E-state index in [2.05, 4.69) is 5.32 Å². The first kappa shape index (κ1) is 25.8. The van der Waals surface area contributed by atoms with Crippen molar-refractivity contribution in [3.63, 3.8) is 0 Å². The van der Waals surface area contributed by atoms with Crippen LogP contribution in [-0.2, 0) is 26.2 Å². The van der Waals surface area contributed by atoms with Crippen LogP contribution in [0.25, 0.3) is 0 Å². The van der Waals surface area contributed by atoms with Crippen LogP contribution in [0, 0.1) is 0 Å². The first-order valence-electron chi connectivity index (χ1n) is 11.0. The third-order valence-electron chi connectivity index (χ3n) is 5.56. The fraction of sp³-hybridized carbons (Fsp3) is 0.231. The fourth-order valence-electron chi connectivity index (χ4n) is 3.60. The van der Waals surface area contributed by atoms with E-state index in [-0.39, 0.29) is 17.3 Å². The van der Waals surface area contributed by atoms with Gasteiger partial charge < -0.3 is 15.0 Å². The quantitative estimate of drug-likeness (QED) is 0.466. The van der Waals surface area contributed by atoms with Crippen LogP contribution in [0.2, 0.25) is 0 Å². The number of nitrogens with zero attached hydrogens (tertiary/aromatic N) is 2. The first-order valence-corrected chi connectivity index (χ1v) is 12.5. The van der Waals surface area contributed by atoms with Crippen LogP contribution in [-0.4, -0.2) is 51.9 Å². The molecule has 2 amide bonds. The summed E-state index contributed by atoms with van der Waals surface area (Å²) < 4.78 is 33.4. The number of para-hydroxylation sites is 1. The van der Waals surface area contributed by atoms with Gasteiger partial charge in [-0.3, -0.25) is 13.9 Å². The molecule has 0 saturated heterocycles. The third-order valence-corrected chi connectivity index (χ3v) is 7.34. The molecule has 35 heavy (non-hydrogen) atoms.